The van der Waals surface area contributed by atoms with Crippen LogP contribution in [0.15, 0.2) is 42.5 Å². The van der Waals surface area contributed by atoms with Crippen LogP contribution in [0, 0.1) is 13.8 Å². The summed E-state index contributed by atoms with van der Waals surface area (Å²) in [4.78, 5) is 12.8. The summed E-state index contributed by atoms with van der Waals surface area (Å²) < 4.78 is 5.63. The molecule has 2 aromatic carbocycles. The fraction of sp³-hybridized carbons (Fsp3) is 0.278. The summed E-state index contributed by atoms with van der Waals surface area (Å²) in [5.74, 6) is 0.965. The van der Waals surface area contributed by atoms with Gasteiger partial charge in [0, 0.05) is 11.1 Å². The van der Waals surface area contributed by atoms with E-state index in [9.17, 15) is 4.79 Å². The van der Waals surface area contributed by atoms with E-state index in [0.29, 0.717) is 6.61 Å². The van der Waals surface area contributed by atoms with Crippen molar-refractivity contribution in [2.24, 2.45) is 0 Å². The number of benzene rings is 2. The smallest absolute Gasteiger partial charge is 0.170 e. The summed E-state index contributed by atoms with van der Waals surface area (Å²) in [5, 5.41) is 0. The van der Waals surface area contributed by atoms with Crippen molar-refractivity contribution >= 4 is 5.78 Å². The normalized spacial score (nSPS) is 17.2. The first-order valence-electron chi connectivity index (χ1n) is 7.00. The van der Waals surface area contributed by atoms with Gasteiger partial charge in [-0.05, 0) is 43.5 Å². The first-order chi connectivity index (χ1) is 9.66. The Balaban J connectivity index is 1.97. The minimum atomic E-state index is -0.0814. The minimum Gasteiger partial charge on any atom is -0.493 e. The van der Waals surface area contributed by atoms with Crippen molar-refractivity contribution in [1.29, 1.82) is 0 Å². The van der Waals surface area contributed by atoms with E-state index in [2.05, 4.69) is 6.92 Å². The molecule has 0 amide bonds. The molecular formula is C18H18O2. The average Bonchev–Trinajstić information content (AvgIpc) is 2.49. The van der Waals surface area contributed by atoms with Crippen LogP contribution in [0.25, 0.3) is 0 Å². The summed E-state index contributed by atoms with van der Waals surface area (Å²) in [6.07, 6.45) is 0.753. The Morgan fingerprint density at radius 2 is 1.90 bits per heavy atom. The average molecular weight is 266 g/mol. The molecule has 20 heavy (non-hydrogen) atoms. The number of ketones is 1. The van der Waals surface area contributed by atoms with Crippen LogP contribution in [0.5, 0.6) is 5.75 Å². The van der Waals surface area contributed by atoms with Gasteiger partial charge in [0.15, 0.2) is 5.78 Å². The molecule has 102 valence electrons. The molecule has 0 saturated heterocycles. The summed E-state index contributed by atoms with van der Waals surface area (Å²) >= 11 is 0. The van der Waals surface area contributed by atoms with Gasteiger partial charge in [-0.2, -0.15) is 0 Å². The maximum atomic E-state index is 12.8. The minimum absolute atomic E-state index is 0.0814. The van der Waals surface area contributed by atoms with Crippen LogP contribution in [0.1, 0.15) is 39.4 Å². The third-order valence-corrected chi connectivity index (χ3v) is 4.07. The van der Waals surface area contributed by atoms with Gasteiger partial charge in [0.2, 0.25) is 0 Å². The number of Topliss-reactive ketones (excluding diaryl/α,β-unsaturated/α-hetero) is 1. The van der Waals surface area contributed by atoms with Gasteiger partial charge in [-0.1, -0.05) is 30.3 Å². The fourth-order valence-corrected chi connectivity index (χ4v) is 2.71. The van der Waals surface area contributed by atoms with Crippen LogP contribution in [0.2, 0.25) is 0 Å². The molecule has 2 nitrogen and oxygen atoms in total. The lowest BCUT2D eigenvalue weighted by atomic mass is 9.86. The molecule has 0 aliphatic carbocycles. The lowest BCUT2D eigenvalue weighted by Crippen LogP contribution is -2.21. The van der Waals surface area contributed by atoms with E-state index < -0.39 is 0 Å². The molecule has 0 fully saturated rings. The van der Waals surface area contributed by atoms with Crippen molar-refractivity contribution < 1.29 is 9.53 Å². The second-order valence-electron chi connectivity index (χ2n) is 5.39. The molecule has 3 rings (SSSR count). The van der Waals surface area contributed by atoms with Gasteiger partial charge in [0.1, 0.15) is 5.75 Å². The van der Waals surface area contributed by atoms with Crippen LogP contribution >= 0.6 is 0 Å². The standard InChI is InChI=1S/C18H18O2/c1-12-7-8-14(11-13(12)2)18(19)16-9-10-20-17-6-4-3-5-15(16)17/h3-8,11,16H,9-10H2,1-2H3. The Hall–Kier alpha value is -2.09. The second kappa shape index (κ2) is 5.12. The molecule has 2 heteroatoms. The van der Waals surface area contributed by atoms with Gasteiger partial charge < -0.3 is 4.74 Å². The quantitative estimate of drug-likeness (QED) is 0.766. The fourth-order valence-electron chi connectivity index (χ4n) is 2.71. The Kier molecular flexibility index (Phi) is 3.31. The van der Waals surface area contributed by atoms with Gasteiger partial charge >= 0.3 is 0 Å². The van der Waals surface area contributed by atoms with Crippen LogP contribution in [-0.4, -0.2) is 12.4 Å². The predicted octanol–water partition coefficient (Wildman–Crippen LogP) is 4.05. The molecule has 0 N–H and O–H groups in total. The van der Waals surface area contributed by atoms with E-state index in [-0.39, 0.29) is 11.7 Å². The summed E-state index contributed by atoms with van der Waals surface area (Å²) in [6.45, 7) is 4.72. The molecule has 2 aromatic rings. The van der Waals surface area contributed by atoms with Crippen LogP contribution in [-0.2, 0) is 0 Å². The molecule has 0 bridgehead atoms. The first kappa shape index (κ1) is 12.9. The van der Waals surface area contributed by atoms with Crippen molar-refractivity contribution in [1.82, 2.24) is 0 Å². The number of fused-ring (bicyclic) bond motifs is 1. The maximum Gasteiger partial charge on any atom is 0.170 e. The second-order valence-corrected chi connectivity index (χ2v) is 5.39. The Bertz CT molecular complexity index is 658. The van der Waals surface area contributed by atoms with Crippen LogP contribution in [0.4, 0.5) is 0 Å². The highest BCUT2D eigenvalue weighted by atomic mass is 16.5. The summed E-state index contributed by atoms with van der Waals surface area (Å²) in [7, 11) is 0. The number of ether oxygens (including phenoxy) is 1. The van der Waals surface area contributed by atoms with Crippen molar-refractivity contribution in [2.75, 3.05) is 6.61 Å². The van der Waals surface area contributed by atoms with Crippen molar-refractivity contribution in [3.8, 4) is 5.75 Å². The summed E-state index contributed by atoms with van der Waals surface area (Å²) in [5.41, 5.74) is 4.20. The number of carbonyl (C=O) groups excluding carboxylic acids is 1. The number of hydrogen-bond donors (Lipinski definition) is 0. The number of hydrogen-bond acceptors (Lipinski definition) is 2. The number of para-hydroxylation sites is 1. The molecule has 1 atom stereocenters. The zero-order valence-electron chi connectivity index (χ0n) is 11.8. The Morgan fingerprint density at radius 1 is 1.10 bits per heavy atom. The zero-order chi connectivity index (χ0) is 14.1. The highest BCUT2D eigenvalue weighted by Gasteiger charge is 2.28. The third-order valence-electron chi connectivity index (χ3n) is 4.07. The molecular weight excluding hydrogens is 248 g/mol. The molecule has 0 saturated carbocycles. The Morgan fingerprint density at radius 3 is 2.70 bits per heavy atom. The monoisotopic (exact) mass is 266 g/mol. The van der Waals surface area contributed by atoms with Gasteiger partial charge in [0.05, 0.1) is 12.5 Å². The number of rotatable bonds is 2. The van der Waals surface area contributed by atoms with E-state index in [1.165, 1.54) is 5.56 Å². The molecule has 0 radical (unpaired) electrons. The van der Waals surface area contributed by atoms with Crippen molar-refractivity contribution in [3.63, 3.8) is 0 Å². The zero-order valence-corrected chi connectivity index (χ0v) is 11.8. The maximum absolute atomic E-state index is 12.8. The Labute approximate surface area is 119 Å². The number of carbonyl (C=O) groups is 1. The number of aryl methyl sites for hydroxylation is 2. The van der Waals surface area contributed by atoms with E-state index in [1.54, 1.807) is 0 Å². The highest BCUT2D eigenvalue weighted by molar-refractivity contribution is 6.01. The third kappa shape index (κ3) is 2.22. The van der Waals surface area contributed by atoms with Crippen molar-refractivity contribution in [3.05, 3.63) is 64.7 Å². The van der Waals surface area contributed by atoms with Crippen LogP contribution in [0.3, 0.4) is 0 Å². The first-order valence-corrected chi connectivity index (χ1v) is 7.00. The van der Waals surface area contributed by atoms with E-state index in [0.717, 1.165) is 28.9 Å². The molecule has 1 unspecified atom stereocenters. The predicted molar refractivity (Wildman–Crippen MR) is 79.5 cm³/mol. The van der Waals surface area contributed by atoms with E-state index in [4.69, 9.17) is 4.74 Å². The molecule has 1 aliphatic heterocycles. The van der Waals surface area contributed by atoms with E-state index in [1.807, 2.05) is 49.4 Å². The molecule has 0 aromatic heterocycles. The lowest BCUT2D eigenvalue weighted by molar-refractivity contribution is 0.0933. The molecule has 1 aliphatic rings. The molecule has 0 spiro atoms. The topological polar surface area (TPSA) is 26.3 Å². The SMILES string of the molecule is Cc1ccc(C(=O)C2CCOc3ccccc32)cc1C. The summed E-state index contributed by atoms with van der Waals surface area (Å²) in [6, 6.07) is 13.8. The van der Waals surface area contributed by atoms with Gasteiger partial charge in [-0.3, -0.25) is 4.79 Å². The molecule has 1 heterocycles. The van der Waals surface area contributed by atoms with Gasteiger partial charge in [-0.15, -0.1) is 0 Å². The van der Waals surface area contributed by atoms with Gasteiger partial charge in [-0.25, -0.2) is 0 Å². The van der Waals surface area contributed by atoms with Gasteiger partial charge in [0.25, 0.3) is 0 Å². The lowest BCUT2D eigenvalue weighted by Gasteiger charge is -2.25. The van der Waals surface area contributed by atoms with Crippen LogP contribution < -0.4 is 4.74 Å². The largest absolute Gasteiger partial charge is 0.493 e. The highest BCUT2D eigenvalue weighted by Crippen LogP contribution is 2.35. The van der Waals surface area contributed by atoms with E-state index >= 15 is 0 Å². The van der Waals surface area contributed by atoms with Crippen molar-refractivity contribution in [2.45, 2.75) is 26.2 Å².